The number of hydrogen-bond donors (Lipinski definition) is 0. The molecular formula is C29H25N3O4. The molecule has 7 nitrogen and oxygen atoms in total. The van der Waals surface area contributed by atoms with E-state index in [9.17, 15) is 9.59 Å². The van der Waals surface area contributed by atoms with E-state index in [0.29, 0.717) is 16.9 Å². The number of nitrogens with zero attached hydrogens (tertiary/aromatic N) is 3. The van der Waals surface area contributed by atoms with Gasteiger partial charge in [0.25, 0.3) is 0 Å². The van der Waals surface area contributed by atoms with Crippen LogP contribution in [0, 0.1) is 0 Å². The highest BCUT2D eigenvalue weighted by atomic mass is 16.4. The molecule has 0 saturated carbocycles. The van der Waals surface area contributed by atoms with E-state index in [2.05, 4.69) is 29.8 Å². The molecule has 0 fully saturated rings. The van der Waals surface area contributed by atoms with Gasteiger partial charge < -0.3 is 13.7 Å². The van der Waals surface area contributed by atoms with Gasteiger partial charge in [0, 0.05) is 41.7 Å². The van der Waals surface area contributed by atoms with Crippen molar-refractivity contribution in [3.05, 3.63) is 112 Å². The molecule has 0 saturated heterocycles. The normalized spacial score (nSPS) is 10.9. The minimum atomic E-state index is -0.368. The van der Waals surface area contributed by atoms with Crippen molar-refractivity contribution < 1.29 is 8.83 Å². The van der Waals surface area contributed by atoms with Crippen molar-refractivity contribution in [3.8, 4) is 5.69 Å². The fraction of sp³-hybridized carbons (Fsp3) is 0.138. The van der Waals surface area contributed by atoms with E-state index in [1.807, 2.05) is 60.7 Å². The first kappa shape index (κ1) is 23.1. The summed E-state index contributed by atoms with van der Waals surface area (Å²) in [5.41, 5.74) is 3.82. The fourth-order valence-corrected chi connectivity index (χ4v) is 4.20. The van der Waals surface area contributed by atoms with Crippen molar-refractivity contribution in [1.29, 1.82) is 0 Å². The van der Waals surface area contributed by atoms with Gasteiger partial charge in [-0.05, 0) is 56.3 Å². The summed E-state index contributed by atoms with van der Waals surface area (Å²) >= 11 is 0. The molecule has 0 radical (unpaired) electrons. The molecule has 7 heteroatoms. The predicted octanol–water partition coefficient (Wildman–Crippen LogP) is 5.77. The van der Waals surface area contributed by atoms with E-state index in [4.69, 9.17) is 8.83 Å². The van der Waals surface area contributed by atoms with Crippen molar-refractivity contribution in [3.63, 3.8) is 0 Å². The van der Waals surface area contributed by atoms with Crippen LogP contribution in [0.5, 0.6) is 0 Å². The van der Waals surface area contributed by atoms with Crippen LogP contribution in [0.2, 0.25) is 0 Å². The molecule has 0 aliphatic heterocycles. The maximum atomic E-state index is 12.6. The van der Waals surface area contributed by atoms with E-state index in [-0.39, 0.29) is 11.3 Å². The number of benzene rings is 3. The summed E-state index contributed by atoms with van der Waals surface area (Å²) < 4.78 is 12.3. The molecule has 0 aliphatic carbocycles. The summed E-state index contributed by atoms with van der Waals surface area (Å²) in [6.45, 7) is 6.03. The summed E-state index contributed by atoms with van der Waals surface area (Å²) in [5, 5.41) is 1.84. The highest BCUT2D eigenvalue weighted by Crippen LogP contribution is 2.24. The molecule has 0 bridgehead atoms. The first-order chi connectivity index (χ1) is 17.6. The number of para-hydroxylation sites is 3. The second kappa shape index (κ2) is 9.92. The van der Waals surface area contributed by atoms with Gasteiger partial charge >= 0.3 is 11.3 Å². The second-order valence-electron chi connectivity index (χ2n) is 8.21. The Labute approximate surface area is 206 Å². The number of aromatic nitrogens is 2. The van der Waals surface area contributed by atoms with E-state index >= 15 is 0 Å². The molecule has 0 unspecified atom stereocenters. The Hall–Kier alpha value is -4.65. The van der Waals surface area contributed by atoms with Crippen LogP contribution < -0.4 is 16.2 Å². The molecule has 0 atom stereocenters. The van der Waals surface area contributed by atoms with Crippen LogP contribution in [-0.2, 0) is 0 Å². The Bertz CT molecular complexity index is 1780. The lowest BCUT2D eigenvalue weighted by atomic mass is 10.2. The number of imidazole rings is 1. The van der Waals surface area contributed by atoms with Crippen LogP contribution in [0.15, 0.2) is 110 Å². The zero-order valence-electron chi connectivity index (χ0n) is 20.0. The molecule has 3 aromatic heterocycles. The highest BCUT2D eigenvalue weighted by Gasteiger charge is 2.12. The van der Waals surface area contributed by atoms with Gasteiger partial charge in [-0.15, -0.1) is 0 Å². The minimum Gasteiger partial charge on any atom is -0.423 e. The van der Waals surface area contributed by atoms with Crippen LogP contribution in [0.3, 0.4) is 0 Å². The summed E-state index contributed by atoms with van der Waals surface area (Å²) in [4.78, 5) is 29.9. The lowest BCUT2D eigenvalue weighted by molar-refractivity contribution is 0.556. The minimum absolute atomic E-state index is 0.302. The lowest BCUT2D eigenvalue weighted by Gasteiger charge is -2.21. The van der Waals surface area contributed by atoms with Crippen molar-refractivity contribution >= 4 is 38.7 Å². The molecule has 6 rings (SSSR count). The Balaban J connectivity index is 0.000000202. The molecule has 0 spiro atoms. The van der Waals surface area contributed by atoms with Gasteiger partial charge in [0.05, 0.1) is 11.0 Å². The number of fused-ring (bicyclic) bond motifs is 3. The molecule has 0 N–H and O–H groups in total. The van der Waals surface area contributed by atoms with Gasteiger partial charge in [-0.3, -0.25) is 4.57 Å². The SMILES string of the molecule is CCN(CC)c1ccc2cc(-n3cnc4ccccc43)c(=O)oc2c1.O=c1ccc2ccccc2o1. The average Bonchev–Trinajstić information content (AvgIpc) is 3.33. The van der Waals surface area contributed by atoms with Crippen LogP contribution in [0.1, 0.15) is 13.8 Å². The second-order valence-corrected chi connectivity index (χ2v) is 8.21. The van der Waals surface area contributed by atoms with Crippen molar-refractivity contribution in [2.24, 2.45) is 0 Å². The largest absolute Gasteiger partial charge is 0.423 e. The van der Waals surface area contributed by atoms with Crippen LogP contribution in [0.4, 0.5) is 5.69 Å². The Kier molecular flexibility index (Phi) is 6.36. The lowest BCUT2D eigenvalue weighted by Crippen LogP contribution is -2.21. The van der Waals surface area contributed by atoms with Gasteiger partial charge in [0.1, 0.15) is 23.2 Å². The zero-order valence-corrected chi connectivity index (χ0v) is 20.0. The molecular weight excluding hydrogens is 454 g/mol. The molecule has 0 amide bonds. The third-order valence-electron chi connectivity index (χ3n) is 6.07. The summed E-state index contributed by atoms with van der Waals surface area (Å²) in [7, 11) is 0. The third-order valence-corrected chi connectivity index (χ3v) is 6.07. The molecule has 6 aromatic rings. The van der Waals surface area contributed by atoms with Gasteiger partial charge in [0.2, 0.25) is 0 Å². The average molecular weight is 480 g/mol. The van der Waals surface area contributed by atoms with Gasteiger partial charge in [-0.2, -0.15) is 0 Å². The quantitative estimate of drug-likeness (QED) is 0.299. The molecule has 3 aromatic carbocycles. The topological polar surface area (TPSA) is 81.5 Å². The fourth-order valence-electron chi connectivity index (χ4n) is 4.20. The molecule has 3 heterocycles. The smallest absolute Gasteiger partial charge is 0.360 e. The first-order valence-electron chi connectivity index (χ1n) is 11.8. The monoisotopic (exact) mass is 479 g/mol. The molecule has 36 heavy (non-hydrogen) atoms. The Morgan fingerprint density at radius 2 is 1.53 bits per heavy atom. The first-order valence-corrected chi connectivity index (χ1v) is 11.8. The van der Waals surface area contributed by atoms with E-state index in [1.165, 1.54) is 6.07 Å². The number of hydrogen-bond acceptors (Lipinski definition) is 6. The van der Waals surface area contributed by atoms with E-state index in [0.717, 1.165) is 40.6 Å². The van der Waals surface area contributed by atoms with Gasteiger partial charge in [-0.1, -0.05) is 30.3 Å². The number of anilines is 1. The van der Waals surface area contributed by atoms with Crippen LogP contribution in [0.25, 0.3) is 38.7 Å². The predicted molar refractivity (Wildman–Crippen MR) is 143 cm³/mol. The molecule has 180 valence electrons. The third kappa shape index (κ3) is 4.51. The van der Waals surface area contributed by atoms with E-state index < -0.39 is 0 Å². The summed E-state index contributed by atoms with van der Waals surface area (Å²) in [6.07, 6.45) is 1.66. The standard InChI is InChI=1S/C20H19N3O2.C9H6O2/c1-3-22(4-2)15-10-9-14-11-18(20(24)25-19(14)12-15)23-13-21-16-7-5-6-8-17(16)23;10-9-6-5-7-3-1-2-4-8(7)11-9/h5-13H,3-4H2,1-2H3;1-6H. The zero-order chi connectivity index (χ0) is 25.1. The van der Waals surface area contributed by atoms with Crippen molar-refractivity contribution in [2.75, 3.05) is 18.0 Å². The van der Waals surface area contributed by atoms with Crippen molar-refractivity contribution in [1.82, 2.24) is 9.55 Å². The Morgan fingerprint density at radius 3 is 2.36 bits per heavy atom. The van der Waals surface area contributed by atoms with Gasteiger partial charge in [-0.25, -0.2) is 14.6 Å². The van der Waals surface area contributed by atoms with Crippen LogP contribution in [-0.4, -0.2) is 22.6 Å². The summed E-state index contributed by atoms with van der Waals surface area (Å²) in [5.74, 6) is 0. The maximum Gasteiger partial charge on any atom is 0.360 e. The van der Waals surface area contributed by atoms with Gasteiger partial charge in [0.15, 0.2) is 0 Å². The van der Waals surface area contributed by atoms with E-state index in [1.54, 1.807) is 23.0 Å². The highest BCUT2D eigenvalue weighted by molar-refractivity contribution is 5.83. The summed E-state index contributed by atoms with van der Waals surface area (Å²) in [6, 6.07) is 26.2. The maximum absolute atomic E-state index is 12.6. The molecule has 0 aliphatic rings. The number of rotatable bonds is 4. The Morgan fingerprint density at radius 1 is 0.778 bits per heavy atom. The van der Waals surface area contributed by atoms with Crippen molar-refractivity contribution in [2.45, 2.75) is 13.8 Å². The van der Waals surface area contributed by atoms with Crippen LogP contribution >= 0.6 is 0 Å².